The Morgan fingerprint density at radius 3 is 2.04 bits per heavy atom. The Morgan fingerprint density at radius 2 is 1.44 bits per heavy atom. The van der Waals surface area contributed by atoms with Gasteiger partial charge in [-0.05, 0) is 62.1 Å². The number of benzene rings is 2. The molecule has 2 aromatic rings. The first-order valence-corrected chi connectivity index (χ1v) is 9.17. The van der Waals surface area contributed by atoms with Crippen LogP contribution in [-0.2, 0) is 0 Å². The van der Waals surface area contributed by atoms with Gasteiger partial charge in [0.25, 0.3) is 0 Å². The molecule has 0 spiro atoms. The van der Waals surface area contributed by atoms with Gasteiger partial charge in [-0.2, -0.15) is 4.39 Å². The highest BCUT2D eigenvalue weighted by Crippen LogP contribution is 2.39. The average molecular weight is 382 g/mol. The van der Waals surface area contributed by atoms with Gasteiger partial charge in [0.1, 0.15) is 0 Å². The zero-order valence-corrected chi connectivity index (χ0v) is 15.1. The Morgan fingerprint density at radius 1 is 0.852 bits per heavy atom. The van der Waals surface area contributed by atoms with Gasteiger partial charge >= 0.3 is 0 Å². The molecule has 1 aliphatic carbocycles. The topological polar surface area (TPSA) is 29.5 Å². The van der Waals surface area contributed by atoms with E-state index in [2.05, 4.69) is 0 Å². The van der Waals surface area contributed by atoms with Crippen molar-refractivity contribution in [2.75, 3.05) is 13.2 Å². The molecule has 1 saturated carbocycles. The van der Waals surface area contributed by atoms with E-state index in [0.29, 0.717) is 12.8 Å². The molecule has 0 unspecified atom stereocenters. The summed E-state index contributed by atoms with van der Waals surface area (Å²) in [6, 6.07) is 5.14. The van der Waals surface area contributed by atoms with Crippen LogP contribution in [0.3, 0.4) is 0 Å². The summed E-state index contributed by atoms with van der Waals surface area (Å²) in [5.41, 5.74) is -0.415. The van der Waals surface area contributed by atoms with Crippen molar-refractivity contribution >= 4 is 0 Å². The van der Waals surface area contributed by atoms with Crippen molar-refractivity contribution in [3.8, 4) is 16.9 Å². The molecule has 0 bridgehead atoms. The lowest BCUT2D eigenvalue weighted by molar-refractivity contribution is 0.181. The maximum atomic E-state index is 14.7. The summed E-state index contributed by atoms with van der Waals surface area (Å²) in [6.07, 6.45) is 2.82. The van der Waals surface area contributed by atoms with Gasteiger partial charge in [-0.25, -0.2) is 13.2 Å². The summed E-state index contributed by atoms with van der Waals surface area (Å²) in [4.78, 5) is 0. The number of aliphatic hydroxyl groups excluding tert-OH is 1. The van der Waals surface area contributed by atoms with Gasteiger partial charge in [0, 0.05) is 17.7 Å². The Bertz CT molecular complexity index is 814. The predicted molar refractivity (Wildman–Crippen MR) is 94.7 cm³/mol. The fraction of sp³-hybridized carbons (Fsp3) is 0.429. The van der Waals surface area contributed by atoms with E-state index in [1.807, 2.05) is 0 Å². The molecule has 27 heavy (non-hydrogen) atoms. The van der Waals surface area contributed by atoms with Crippen LogP contribution in [0.4, 0.5) is 17.6 Å². The van der Waals surface area contributed by atoms with Crippen molar-refractivity contribution in [2.24, 2.45) is 5.92 Å². The monoisotopic (exact) mass is 382 g/mol. The molecule has 0 saturated heterocycles. The molecule has 146 valence electrons. The van der Waals surface area contributed by atoms with E-state index in [4.69, 9.17) is 4.74 Å². The molecule has 0 aliphatic heterocycles. The first kappa shape index (κ1) is 19.7. The molecule has 1 fully saturated rings. The van der Waals surface area contributed by atoms with Crippen molar-refractivity contribution in [1.82, 2.24) is 0 Å². The average Bonchev–Trinajstić information content (AvgIpc) is 2.68. The van der Waals surface area contributed by atoms with Gasteiger partial charge in [0.2, 0.25) is 5.82 Å². The lowest BCUT2D eigenvalue weighted by atomic mass is 9.78. The van der Waals surface area contributed by atoms with Gasteiger partial charge in [0.15, 0.2) is 23.2 Å². The maximum Gasteiger partial charge on any atom is 0.201 e. The lowest BCUT2D eigenvalue weighted by Gasteiger charge is -2.28. The van der Waals surface area contributed by atoms with Crippen LogP contribution in [0.1, 0.15) is 44.1 Å². The van der Waals surface area contributed by atoms with Crippen LogP contribution in [0.15, 0.2) is 24.3 Å². The van der Waals surface area contributed by atoms with Gasteiger partial charge in [-0.15, -0.1) is 0 Å². The molecule has 0 heterocycles. The van der Waals surface area contributed by atoms with Crippen LogP contribution in [-0.4, -0.2) is 18.3 Å². The Balaban J connectivity index is 1.93. The number of hydrogen-bond donors (Lipinski definition) is 1. The van der Waals surface area contributed by atoms with E-state index in [1.54, 1.807) is 6.92 Å². The summed E-state index contributed by atoms with van der Waals surface area (Å²) in [5.74, 6) is -4.89. The van der Waals surface area contributed by atoms with E-state index in [0.717, 1.165) is 12.8 Å². The normalized spacial score (nSPS) is 19.9. The van der Waals surface area contributed by atoms with Crippen molar-refractivity contribution < 1.29 is 27.4 Å². The summed E-state index contributed by atoms with van der Waals surface area (Å²) >= 11 is 0. The number of aliphatic hydroxyl groups is 1. The molecule has 0 radical (unpaired) electrons. The zero-order chi connectivity index (χ0) is 19.6. The highest BCUT2D eigenvalue weighted by molar-refractivity contribution is 5.66. The van der Waals surface area contributed by atoms with Crippen LogP contribution in [0, 0.1) is 29.2 Å². The summed E-state index contributed by atoms with van der Waals surface area (Å²) in [6.45, 7) is 1.89. The highest BCUT2D eigenvalue weighted by atomic mass is 19.2. The molecule has 1 N–H and O–H groups in total. The fourth-order valence-electron chi connectivity index (χ4n) is 3.75. The Hall–Kier alpha value is -2.08. The van der Waals surface area contributed by atoms with Crippen LogP contribution in [0.2, 0.25) is 0 Å². The largest absolute Gasteiger partial charge is 0.491 e. The van der Waals surface area contributed by atoms with Gasteiger partial charge in [0.05, 0.1) is 6.61 Å². The number of hydrogen-bond acceptors (Lipinski definition) is 2. The molecule has 3 rings (SSSR count). The van der Waals surface area contributed by atoms with Crippen molar-refractivity contribution in [1.29, 1.82) is 0 Å². The second kappa shape index (κ2) is 8.30. The summed E-state index contributed by atoms with van der Waals surface area (Å²) < 4.78 is 62.8. The molecular weight excluding hydrogens is 360 g/mol. The standard InChI is InChI=1S/C21H22F4O2/c1-2-27-17-10-9-16(20(24)21(17)25)15-8-7-14(18(22)19(15)23)13-5-3-12(11-26)4-6-13/h7-10,12-13,26H,2-6,11H2,1H3/t12-,13-. The number of rotatable bonds is 5. The molecule has 2 nitrogen and oxygen atoms in total. The number of ether oxygens (including phenoxy) is 1. The molecule has 0 aromatic heterocycles. The quantitative estimate of drug-likeness (QED) is 0.685. The second-order valence-corrected chi connectivity index (χ2v) is 6.90. The summed E-state index contributed by atoms with van der Waals surface area (Å²) in [5, 5.41) is 9.20. The maximum absolute atomic E-state index is 14.7. The third-order valence-electron chi connectivity index (χ3n) is 5.29. The molecule has 2 aromatic carbocycles. The fourth-order valence-corrected chi connectivity index (χ4v) is 3.75. The minimum absolute atomic E-state index is 0.102. The van der Waals surface area contributed by atoms with Crippen LogP contribution in [0.25, 0.3) is 11.1 Å². The van der Waals surface area contributed by atoms with Crippen LogP contribution >= 0.6 is 0 Å². The SMILES string of the molecule is CCOc1ccc(-c2ccc([C@H]3CC[C@H](CO)CC3)c(F)c2F)c(F)c1F. The third-order valence-corrected chi connectivity index (χ3v) is 5.29. The van der Waals surface area contributed by atoms with Gasteiger partial charge in [-0.3, -0.25) is 0 Å². The van der Waals surface area contributed by atoms with E-state index in [1.165, 1.54) is 24.3 Å². The predicted octanol–water partition coefficient (Wildman–Crippen LogP) is 5.57. The molecule has 0 atom stereocenters. The molecule has 6 heteroatoms. The van der Waals surface area contributed by atoms with Crippen molar-refractivity contribution in [3.63, 3.8) is 0 Å². The Labute approximate surface area is 155 Å². The minimum atomic E-state index is -1.27. The first-order chi connectivity index (χ1) is 13.0. The second-order valence-electron chi connectivity index (χ2n) is 6.90. The van der Waals surface area contributed by atoms with E-state index in [9.17, 15) is 22.7 Å². The van der Waals surface area contributed by atoms with Gasteiger partial charge < -0.3 is 9.84 Å². The van der Waals surface area contributed by atoms with Crippen molar-refractivity contribution in [2.45, 2.75) is 38.5 Å². The van der Waals surface area contributed by atoms with Crippen molar-refractivity contribution in [3.05, 3.63) is 53.1 Å². The van der Waals surface area contributed by atoms with Gasteiger partial charge in [-0.1, -0.05) is 12.1 Å². The van der Waals surface area contributed by atoms with Crippen LogP contribution in [0.5, 0.6) is 5.75 Å². The third kappa shape index (κ3) is 3.81. The van der Waals surface area contributed by atoms with Crippen LogP contribution < -0.4 is 4.74 Å². The van der Waals surface area contributed by atoms with E-state index >= 15 is 0 Å². The lowest BCUT2D eigenvalue weighted by Crippen LogP contribution is -2.17. The molecule has 1 aliphatic rings. The van der Waals surface area contributed by atoms with E-state index in [-0.39, 0.29) is 47.5 Å². The smallest absolute Gasteiger partial charge is 0.201 e. The van der Waals surface area contributed by atoms with E-state index < -0.39 is 23.3 Å². The molecule has 0 amide bonds. The summed E-state index contributed by atoms with van der Waals surface area (Å²) in [7, 11) is 0. The number of halogens is 4. The zero-order valence-electron chi connectivity index (χ0n) is 15.1. The molecular formula is C21H22F4O2. The minimum Gasteiger partial charge on any atom is -0.491 e. The highest BCUT2D eigenvalue weighted by Gasteiger charge is 2.27. The first-order valence-electron chi connectivity index (χ1n) is 9.17. The Kier molecular flexibility index (Phi) is 6.05.